The van der Waals surface area contributed by atoms with Crippen LogP contribution in [-0.4, -0.2) is 22.7 Å². The zero-order valence-electron chi connectivity index (χ0n) is 13.5. The molecule has 1 aromatic heterocycles. The molecule has 0 radical (unpaired) electrons. The highest BCUT2D eigenvalue weighted by Gasteiger charge is 2.27. The minimum atomic E-state index is -0.415. The van der Waals surface area contributed by atoms with Crippen molar-refractivity contribution in [3.63, 3.8) is 0 Å². The SMILES string of the molecule is CC(C)(C)OC(=O)C[C@H]1CCC[C@@H](Oc2cccc(Br)n2)C1. The largest absolute Gasteiger partial charge is 0.474 e. The molecule has 122 valence electrons. The molecule has 1 aromatic rings. The van der Waals surface area contributed by atoms with E-state index in [1.165, 1.54) is 0 Å². The molecule has 1 aliphatic carbocycles. The number of ether oxygens (including phenoxy) is 2. The Morgan fingerprint density at radius 2 is 2.14 bits per heavy atom. The van der Waals surface area contributed by atoms with E-state index in [4.69, 9.17) is 9.47 Å². The smallest absolute Gasteiger partial charge is 0.306 e. The minimum absolute atomic E-state index is 0.112. The number of aromatic nitrogens is 1. The van der Waals surface area contributed by atoms with Crippen LogP contribution in [0.25, 0.3) is 0 Å². The van der Waals surface area contributed by atoms with Crippen molar-refractivity contribution < 1.29 is 14.3 Å². The van der Waals surface area contributed by atoms with Crippen LogP contribution in [0.3, 0.4) is 0 Å². The van der Waals surface area contributed by atoms with Gasteiger partial charge in [-0.15, -0.1) is 0 Å². The Morgan fingerprint density at radius 1 is 1.36 bits per heavy atom. The van der Waals surface area contributed by atoms with E-state index < -0.39 is 5.60 Å². The molecule has 5 heteroatoms. The third-order valence-electron chi connectivity index (χ3n) is 3.59. The van der Waals surface area contributed by atoms with E-state index in [-0.39, 0.29) is 12.1 Å². The van der Waals surface area contributed by atoms with Gasteiger partial charge in [-0.3, -0.25) is 4.79 Å². The molecule has 4 nitrogen and oxygen atoms in total. The predicted molar refractivity (Wildman–Crippen MR) is 88.8 cm³/mol. The van der Waals surface area contributed by atoms with Crippen molar-refractivity contribution >= 4 is 21.9 Å². The third kappa shape index (κ3) is 5.95. The number of pyridine rings is 1. The maximum atomic E-state index is 12.0. The molecule has 1 saturated carbocycles. The summed E-state index contributed by atoms with van der Waals surface area (Å²) in [5, 5.41) is 0. The monoisotopic (exact) mass is 369 g/mol. The number of hydrogen-bond donors (Lipinski definition) is 0. The van der Waals surface area contributed by atoms with Gasteiger partial charge in [0.25, 0.3) is 0 Å². The van der Waals surface area contributed by atoms with Crippen molar-refractivity contribution in [1.82, 2.24) is 4.98 Å². The number of carbonyl (C=O) groups excluding carboxylic acids is 1. The van der Waals surface area contributed by atoms with Crippen LogP contribution in [-0.2, 0) is 9.53 Å². The molecule has 1 fully saturated rings. The zero-order valence-corrected chi connectivity index (χ0v) is 15.1. The van der Waals surface area contributed by atoms with Gasteiger partial charge in [0.15, 0.2) is 0 Å². The van der Waals surface area contributed by atoms with Crippen LogP contribution in [0.2, 0.25) is 0 Å². The maximum absolute atomic E-state index is 12.0. The van der Waals surface area contributed by atoms with Crippen LogP contribution in [0.5, 0.6) is 5.88 Å². The second kappa shape index (κ2) is 7.44. The summed E-state index contributed by atoms with van der Waals surface area (Å²) in [7, 11) is 0. The Hall–Kier alpha value is -1.10. The third-order valence-corrected chi connectivity index (χ3v) is 4.03. The van der Waals surface area contributed by atoms with E-state index in [9.17, 15) is 4.79 Å². The molecule has 0 saturated heterocycles. The average molecular weight is 370 g/mol. The molecular formula is C17H24BrNO3. The second-order valence-corrected chi connectivity index (χ2v) is 7.67. The lowest BCUT2D eigenvalue weighted by Gasteiger charge is -2.29. The first-order valence-corrected chi connectivity index (χ1v) is 8.62. The summed E-state index contributed by atoms with van der Waals surface area (Å²) in [5.41, 5.74) is -0.415. The topological polar surface area (TPSA) is 48.4 Å². The number of carbonyl (C=O) groups is 1. The second-order valence-electron chi connectivity index (χ2n) is 6.86. The van der Waals surface area contributed by atoms with Crippen LogP contribution in [0, 0.1) is 5.92 Å². The first-order valence-electron chi connectivity index (χ1n) is 7.83. The van der Waals surface area contributed by atoms with Gasteiger partial charge in [-0.25, -0.2) is 4.98 Å². The van der Waals surface area contributed by atoms with Gasteiger partial charge in [0, 0.05) is 12.5 Å². The Labute approximate surface area is 140 Å². The van der Waals surface area contributed by atoms with E-state index >= 15 is 0 Å². The number of esters is 1. The summed E-state index contributed by atoms with van der Waals surface area (Å²) in [4.78, 5) is 16.3. The molecule has 0 unspecified atom stereocenters. The molecule has 0 amide bonds. The molecule has 0 aliphatic heterocycles. The molecule has 22 heavy (non-hydrogen) atoms. The fourth-order valence-corrected chi connectivity index (χ4v) is 3.11. The molecule has 0 spiro atoms. The predicted octanol–water partition coefficient (Wildman–Crippen LogP) is 4.51. The van der Waals surface area contributed by atoms with E-state index in [0.29, 0.717) is 18.2 Å². The lowest BCUT2D eigenvalue weighted by molar-refractivity contribution is -0.156. The lowest BCUT2D eigenvalue weighted by Crippen LogP contribution is -2.29. The Morgan fingerprint density at radius 3 is 2.82 bits per heavy atom. The first-order chi connectivity index (χ1) is 10.3. The summed E-state index contributed by atoms with van der Waals surface area (Å²) in [6.07, 6.45) is 4.63. The maximum Gasteiger partial charge on any atom is 0.306 e. The number of halogens is 1. The Bertz CT molecular complexity index is 513. The first kappa shape index (κ1) is 17.3. The van der Waals surface area contributed by atoms with Gasteiger partial charge in [0.1, 0.15) is 16.3 Å². The van der Waals surface area contributed by atoms with Crippen LogP contribution < -0.4 is 4.74 Å². The molecule has 0 bridgehead atoms. The molecule has 0 aromatic carbocycles. The van der Waals surface area contributed by atoms with Gasteiger partial charge in [0.2, 0.25) is 5.88 Å². The van der Waals surface area contributed by atoms with Crippen LogP contribution in [0.4, 0.5) is 0 Å². The van der Waals surface area contributed by atoms with Gasteiger partial charge < -0.3 is 9.47 Å². The molecule has 2 atom stereocenters. The van der Waals surface area contributed by atoms with Gasteiger partial charge >= 0.3 is 5.97 Å². The van der Waals surface area contributed by atoms with E-state index in [1.807, 2.05) is 39.0 Å². The summed E-state index contributed by atoms with van der Waals surface area (Å²) in [5.74, 6) is 0.858. The fourth-order valence-electron chi connectivity index (χ4n) is 2.78. The average Bonchev–Trinajstić information content (AvgIpc) is 2.36. The summed E-state index contributed by atoms with van der Waals surface area (Å²) in [6.45, 7) is 5.70. The minimum Gasteiger partial charge on any atom is -0.474 e. The number of rotatable bonds is 4. The van der Waals surface area contributed by atoms with Crippen molar-refractivity contribution in [3.05, 3.63) is 22.8 Å². The van der Waals surface area contributed by atoms with Crippen molar-refractivity contribution in [2.75, 3.05) is 0 Å². The van der Waals surface area contributed by atoms with Crippen molar-refractivity contribution in [3.8, 4) is 5.88 Å². The molecule has 0 N–H and O–H groups in total. The number of hydrogen-bond acceptors (Lipinski definition) is 4. The van der Waals surface area contributed by atoms with E-state index in [2.05, 4.69) is 20.9 Å². The highest BCUT2D eigenvalue weighted by molar-refractivity contribution is 9.10. The van der Waals surface area contributed by atoms with E-state index in [1.54, 1.807) is 0 Å². The summed E-state index contributed by atoms with van der Waals surface area (Å²) >= 11 is 3.35. The molecule has 1 aliphatic rings. The van der Waals surface area contributed by atoms with Gasteiger partial charge in [0.05, 0.1) is 0 Å². The normalized spacial score (nSPS) is 22.2. The van der Waals surface area contributed by atoms with Crippen molar-refractivity contribution in [2.24, 2.45) is 5.92 Å². The molecular weight excluding hydrogens is 346 g/mol. The van der Waals surface area contributed by atoms with Gasteiger partial charge in [-0.1, -0.05) is 6.07 Å². The molecule has 2 rings (SSSR count). The van der Waals surface area contributed by atoms with Gasteiger partial charge in [-0.05, 0) is 74.4 Å². The quantitative estimate of drug-likeness (QED) is 0.578. The zero-order chi connectivity index (χ0) is 16.2. The van der Waals surface area contributed by atoms with E-state index in [0.717, 1.165) is 30.3 Å². The van der Waals surface area contributed by atoms with Crippen LogP contribution >= 0.6 is 15.9 Å². The Kier molecular flexibility index (Phi) is 5.84. The Balaban J connectivity index is 1.85. The van der Waals surface area contributed by atoms with Crippen LogP contribution in [0.1, 0.15) is 52.9 Å². The summed E-state index contributed by atoms with van der Waals surface area (Å²) < 4.78 is 12.1. The van der Waals surface area contributed by atoms with Gasteiger partial charge in [-0.2, -0.15) is 0 Å². The van der Waals surface area contributed by atoms with Crippen LogP contribution in [0.15, 0.2) is 22.8 Å². The number of nitrogens with zero attached hydrogens (tertiary/aromatic N) is 1. The summed E-state index contributed by atoms with van der Waals surface area (Å²) in [6, 6.07) is 5.65. The standard InChI is InChI=1S/C17H24BrNO3/c1-17(2,3)22-16(20)11-12-6-4-7-13(10-12)21-15-9-5-8-14(18)19-15/h5,8-9,12-13H,4,6-7,10-11H2,1-3H3/t12-,13+/m0/s1. The molecule has 1 heterocycles. The van der Waals surface area contributed by atoms with Crippen molar-refractivity contribution in [1.29, 1.82) is 0 Å². The fraction of sp³-hybridized carbons (Fsp3) is 0.647. The lowest BCUT2D eigenvalue weighted by atomic mass is 9.85. The highest BCUT2D eigenvalue weighted by Crippen LogP contribution is 2.30. The highest BCUT2D eigenvalue weighted by atomic mass is 79.9. The van der Waals surface area contributed by atoms with Crippen molar-refractivity contribution in [2.45, 2.75) is 64.6 Å².